The summed E-state index contributed by atoms with van der Waals surface area (Å²) in [6.45, 7) is 2.30. The number of nitrogens with zero attached hydrogens (tertiary/aromatic N) is 3. The summed E-state index contributed by atoms with van der Waals surface area (Å²) in [5.41, 5.74) is 0. The third-order valence-electron chi connectivity index (χ3n) is 1.70. The molecule has 6 heteroatoms. The number of nitrogens with one attached hydrogen (secondary N) is 1. The van der Waals surface area contributed by atoms with E-state index in [-0.39, 0.29) is 0 Å². The van der Waals surface area contributed by atoms with E-state index in [0.29, 0.717) is 23.4 Å². The van der Waals surface area contributed by atoms with Crippen molar-refractivity contribution in [3.63, 3.8) is 0 Å². The Morgan fingerprint density at radius 3 is 2.93 bits per heavy atom. The average molecular weight is 225 g/mol. The molecule has 0 aliphatic rings. The highest BCUT2D eigenvalue weighted by Gasteiger charge is 2.01. The molecule has 0 aromatic carbocycles. The first-order chi connectivity index (χ1) is 7.24. The SMILES string of the molecule is Cc1cnc(CNc2cncc(Cl)n2)o1. The van der Waals surface area contributed by atoms with Crippen LogP contribution in [0.3, 0.4) is 0 Å². The predicted molar refractivity (Wildman–Crippen MR) is 55.6 cm³/mol. The number of anilines is 1. The van der Waals surface area contributed by atoms with Gasteiger partial charge in [-0.3, -0.25) is 4.98 Å². The number of halogens is 1. The Bertz CT molecular complexity index is 457. The van der Waals surface area contributed by atoms with Crippen molar-refractivity contribution in [2.75, 3.05) is 5.32 Å². The van der Waals surface area contributed by atoms with Crippen LogP contribution in [0, 0.1) is 6.92 Å². The van der Waals surface area contributed by atoms with E-state index in [2.05, 4.69) is 20.3 Å². The van der Waals surface area contributed by atoms with Crippen LogP contribution < -0.4 is 5.32 Å². The molecule has 0 aliphatic heterocycles. The van der Waals surface area contributed by atoms with Gasteiger partial charge < -0.3 is 9.73 Å². The van der Waals surface area contributed by atoms with Crippen molar-refractivity contribution in [3.8, 4) is 0 Å². The van der Waals surface area contributed by atoms with Gasteiger partial charge in [-0.25, -0.2) is 9.97 Å². The van der Waals surface area contributed by atoms with E-state index in [0.717, 1.165) is 5.76 Å². The summed E-state index contributed by atoms with van der Waals surface area (Å²) in [5, 5.41) is 3.35. The van der Waals surface area contributed by atoms with Gasteiger partial charge in [0.15, 0.2) is 0 Å². The maximum absolute atomic E-state index is 5.68. The molecule has 2 heterocycles. The monoisotopic (exact) mass is 224 g/mol. The van der Waals surface area contributed by atoms with Gasteiger partial charge in [-0.1, -0.05) is 11.6 Å². The summed E-state index contributed by atoms with van der Waals surface area (Å²) >= 11 is 5.68. The molecule has 15 heavy (non-hydrogen) atoms. The molecule has 0 amide bonds. The molecule has 0 atom stereocenters. The van der Waals surface area contributed by atoms with Gasteiger partial charge in [-0.15, -0.1) is 0 Å². The number of aryl methyl sites for hydroxylation is 1. The van der Waals surface area contributed by atoms with E-state index in [1.165, 1.54) is 6.20 Å². The second kappa shape index (κ2) is 4.27. The molecular weight excluding hydrogens is 216 g/mol. The molecule has 0 saturated heterocycles. The maximum atomic E-state index is 5.68. The first-order valence-electron chi connectivity index (χ1n) is 4.37. The van der Waals surface area contributed by atoms with Gasteiger partial charge >= 0.3 is 0 Å². The third kappa shape index (κ3) is 2.66. The minimum absolute atomic E-state index is 0.351. The minimum atomic E-state index is 0.351. The molecule has 1 N–H and O–H groups in total. The van der Waals surface area contributed by atoms with Crippen LogP contribution in [0.4, 0.5) is 5.82 Å². The summed E-state index contributed by atoms with van der Waals surface area (Å²) in [4.78, 5) is 12.0. The lowest BCUT2D eigenvalue weighted by Crippen LogP contribution is -2.01. The zero-order chi connectivity index (χ0) is 10.7. The molecule has 78 valence electrons. The number of oxazole rings is 1. The van der Waals surface area contributed by atoms with E-state index in [1.54, 1.807) is 12.4 Å². The number of hydrogen-bond donors (Lipinski definition) is 1. The molecule has 2 aromatic rings. The number of rotatable bonds is 3. The first kappa shape index (κ1) is 9.92. The average Bonchev–Trinajstić information content (AvgIpc) is 2.62. The summed E-state index contributed by atoms with van der Waals surface area (Å²) in [6, 6.07) is 0. The fraction of sp³-hybridized carbons (Fsp3) is 0.222. The van der Waals surface area contributed by atoms with Gasteiger partial charge in [0.25, 0.3) is 0 Å². The van der Waals surface area contributed by atoms with Crippen molar-refractivity contribution in [1.29, 1.82) is 0 Å². The first-order valence-corrected chi connectivity index (χ1v) is 4.74. The standard InChI is InChI=1S/C9H9ClN4O/c1-6-2-13-9(15-6)5-12-8-4-11-3-7(10)14-8/h2-4H,5H2,1H3,(H,12,14). The molecular formula is C9H9ClN4O. The highest BCUT2D eigenvalue weighted by molar-refractivity contribution is 6.29. The minimum Gasteiger partial charge on any atom is -0.444 e. The quantitative estimate of drug-likeness (QED) is 0.864. The molecule has 0 spiro atoms. The van der Waals surface area contributed by atoms with Crippen molar-refractivity contribution in [3.05, 3.63) is 35.4 Å². The summed E-state index contributed by atoms with van der Waals surface area (Å²) in [7, 11) is 0. The Hall–Kier alpha value is -1.62. The van der Waals surface area contributed by atoms with Crippen LogP contribution in [0.1, 0.15) is 11.7 Å². The Morgan fingerprint density at radius 2 is 2.27 bits per heavy atom. The van der Waals surface area contributed by atoms with Crippen LogP contribution in [0.25, 0.3) is 0 Å². The van der Waals surface area contributed by atoms with E-state index < -0.39 is 0 Å². The predicted octanol–water partition coefficient (Wildman–Crippen LogP) is 2.04. The maximum Gasteiger partial charge on any atom is 0.213 e. The molecule has 0 aliphatic carbocycles. The van der Waals surface area contributed by atoms with E-state index >= 15 is 0 Å². The molecule has 0 bridgehead atoms. The van der Waals surface area contributed by atoms with E-state index in [9.17, 15) is 0 Å². The number of aromatic nitrogens is 3. The smallest absolute Gasteiger partial charge is 0.213 e. The summed E-state index contributed by atoms with van der Waals surface area (Å²) in [5.74, 6) is 1.98. The highest BCUT2D eigenvalue weighted by atomic mass is 35.5. The van der Waals surface area contributed by atoms with Gasteiger partial charge in [0.1, 0.15) is 16.7 Å². The van der Waals surface area contributed by atoms with Crippen molar-refractivity contribution in [1.82, 2.24) is 15.0 Å². The van der Waals surface area contributed by atoms with Crippen LogP contribution in [-0.4, -0.2) is 15.0 Å². The van der Waals surface area contributed by atoms with E-state index in [1.807, 2.05) is 6.92 Å². The Balaban J connectivity index is 1.99. The molecule has 5 nitrogen and oxygen atoms in total. The normalized spacial score (nSPS) is 10.3. The molecule has 2 rings (SSSR count). The molecule has 0 radical (unpaired) electrons. The number of hydrogen-bond acceptors (Lipinski definition) is 5. The third-order valence-corrected chi connectivity index (χ3v) is 1.88. The van der Waals surface area contributed by atoms with Gasteiger partial charge in [0.2, 0.25) is 5.89 Å². The van der Waals surface area contributed by atoms with Crippen LogP contribution >= 0.6 is 11.6 Å². The van der Waals surface area contributed by atoms with Crippen LogP contribution in [-0.2, 0) is 6.54 Å². The van der Waals surface area contributed by atoms with Crippen LogP contribution in [0.15, 0.2) is 23.0 Å². The van der Waals surface area contributed by atoms with Gasteiger partial charge in [0.05, 0.1) is 25.1 Å². The van der Waals surface area contributed by atoms with Gasteiger partial charge in [0, 0.05) is 0 Å². The Morgan fingerprint density at radius 1 is 1.40 bits per heavy atom. The fourth-order valence-corrected chi connectivity index (χ4v) is 1.22. The largest absolute Gasteiger partial charge is 0.444 e. The van der Waals surface area contributed by atoms with Crippen molar-refractivity contribution in [2.45, 2.75) is 13.5 Å². The fourth-order valence-electron chi connectivity index (χ4n) is 1.08. The van der Waals surface area contributed by atoms with Gasteiger partial charge in [-0.2, -0.15) is 0 Å². The lowest BCUT2D eigenvalue weighted by Gasteiger charge is -2.01. The summed E-state index contributed by atoms with van der Waals surface area (Å²) in [6.07, 6.45) is 4.73. The molecule has 0 saturated carbocycles. The second-order valence-corrected chi connectivity index (χ2v) is 3.33. The van der Waals surface area contributed by atoms with Gasteiger partial charge in [-0.05, 0) is 6.92 Å². The second-order valence-electron chi connectivity index (χ2n) is 2.95. The van der Waals surface area contributed by atoms with Crippen LogP contribution in [0.2, 0.25) is 5.15 Å². The summed E-state index contributed by atoms with van der Waals surface area (Å²) < 4.78 is 5.28. The van der Waals surface area contributed by atoms with Crippen molar-refractivity contribution < 1.29 is 4.42 Å². The zero-order valence-corrected chi connectivity index (χ0v) is 8.82. The molecule has 2 aromatic heterocycles. The van der Waals surface area contributed by atoms with Crippen LogP contribution in [0.5, 0.6) is 0 Å². The van der Waals surface area contributed by atoms with Crippen molar-refractivity contribution in [2.24, 2.45) is 0 Å². The molecule has 0 unspecified atom stereocenters. The van der Waals surface area contributed by atoms with Crippen molar-refractivity contribution >= 4 is 17.4 Å². The van der Waals surface area contributed by atoms with E-state index in [4.69, 9.17) is 16.0 Å². The Labute approximate surface area is 91.5 Å². The highest BCUT2D eigenvalue weighted by Crippen LogP contribution is 2.08. The lowest BCUT2D eigenvalue weighted by molar-refractivity contribution is 0.479. The molecule has 0 fully saturated rings. The topological polar surface area (TPSA) is 63.8 Å². The lowest BCUT2D eigenvalue weighted by atomic mass is 10.6. The zero-order valence-electron chi connectivity index (χ0n) is 8.07. The Kier molecular flexibility index (Phi) is 2.82.